The lowest BCUT2D eigenvalue weighted by Crippen LogP contribution is -2.28. The second-order valence-corrected chi connectivity index (χ2v) is 4.97. The first-order valence-corrected chi connectivity index (χ1v) is 6.81. The Balaban J connectivity index is 2.15. The molecular weight excluding hydrogens is 278 g/mol. The summed E-state index contributed by atoms with van der Waals surface area (Å²) in [5.41, 5.74) is 1.23. The minimum atomic E-state index is -0.505. The summed E-state index contributed by atoms with van der Waals surface area (Å²) in [5.74, 6) is -0.679. The lowest BCUT2D eigenvalue weighted by atomic mass is 10.1. The van der Waals surface area contributed by atoms with Crippen LogP contribution in [-0.4, -0.2) is 15.6 Å². The van der Waals surface area contributed by atoms with Crippen molar-refractivity contribution in [1.29, 1.82) is 5.41 Å². The Morgan fingerprint density at radius 1 is 1.09 bits per heavy atom. The number of hydrogen-bond acceptors (Lipinski definition) is 3. The minimum absolute atomic E-state index is 0.0370. The van der Waals surface area contributed by atoms with E-state index in [1.54, 1.807) is 54.1 Å². The van der Waals surface area contributed by atoms with Crippen LogP contribution in [0.5, 0.6) is 5.75 Å². The first-order valence-electron chi connectivity index (χ1n) is 6.81. The van der Waals surface area contributed by atoms with Crippen molar-refractivity contribution in [2.45, 2.75) is 0 Å². The van der Waals surface area contributed by atoms with Crippen LogP contribution in [0.25, 0.3) is 10.9 Å². The summed E-state index contributed by atoms with van der Waals surface area (Å²) in [5, 5.41) is 21.8. The van der Waals surface area contributed by atoms with E-state index in [4.69, 9.17) is 5.41 Å². The summed E-state index contributed by atoms with van der Waals surface area (Å²) >= 11 is 0. The van der Waals surface area contributed by atoms with Gasteiger partial charge in [-0.05, 0) is 24.3 Å². The van der Waals surface area contributed by atoms with Gasteiger partial charge in [-0.3, -0.25) is 10.2 Å². The Morgan fingerprint density at radius 2 is 1.73 bits per heavy atom. The van der Waals surface area contributed by atoms with Crippen LogP contribution in [0, 0.1) is 5.41 Å². The molecule has 3 rings (SSSR count). The van der Waals surface area contributed by atoms with Crippen LogP contribution in [0.15, 0.2) is 54.6 Å². The van der Waals surface area contributed by atoms with Crippen LogP contribution in [0.3, 0.4) is 0 Å². The maximum absolute atomic E-state index is 12.4. The Hall–Kier alpha value is -3.08. The predicted molar refractivity (Wildman–Crippen MR) is 84.8 cm³/mol. The maximum Gasteiger partial charge on any atom is 0.263 e. The summed E-state index contributed by atoms with van der Waals surface area (Å²) in [4.78, 5) is 12.4. The number of carbonyl (C=O) groups is 1. The molecule has 0 aliphatic heterocycles. The smallest absolute Gasteiger partial charge is 0.263 e. The molecule has 3 aromatic rings. The molecule has 0 aliphatic carbocycles. The predicted octanol–water partition coefficient (Wildman–Crippen LogP) is 2.62. The number of nitrogens with zero attached hydrogens (tertiary/aromatic N) is 1. The zero-order chi connectivity index (χ0) is 15.7. The van der Waals surface area contributed by atoms with Gasteiger partial charge in [0.25, 0.3) is 5.91 Å². The van der Waals surface area contributed by atoms with Crippen LogP contribution in [0.2, 0.25) is 0 Å². The highest BCUT2D eigenvalue weighted by atomic mass is 16.3. The monoisotopic (exact) mass is 293 g/mol. The third-order valence-electron chi connectivity index (χ3n) is 3.59. The molecule has 0 saturated heterocycles. The molecule has 1 aromatic heterocycles. The van der Waals surface area contributed by atoms with Gasteiger partial charge in [-0.25, -0.2) is 0 Å². The fourth-order valence-electron chi connectivity index (χ4n) is 2.43. The zero-order valence-corrected chi connectivity index (χ0v) is 12.0. The normalized spacial score (nSPS) is 10.6. The largest absolute Gasteiger partial charge is 0.506 e. The molecule has 1 heterocycles. The molecule has 2 aromatic carbocycles. The molecule has 0 saturated carbocycles. The summed E-state index contributed by atoms with van der Waals surface area (Å²) in [6.45, 7) is 0. The van der Waals surface area contributed by atoms with E-state index in [0.717, 1.165) is 0 Å². The van der Waals surface area contributed by atoms with E-state index < -0.39 is 5.91 Å². The number of nitrogens with one attached hydrogen (secondary N) is 2. The molecule has 0 aliphatic rings. The number of aromatic nitrogens is 1. The van der Waals surface area contributed by atoms with Gasteiger partial charge in [-0.1, -0.05) is 30.3 Å². The average Bonchev–Trinajstić information content (AvgIpc) is 2.54. The zero-order valence-electron chi connectivity index (χ0n) is 12.0. The number of aryl methyl sites for hydroxylation is 1. The molecule has 0 radical (unpaired) electrons. The SMILES string of the molecule is Cn1c(=N)c(C(=O)Nc2ccccc2)c(O)c2ccccc21. The highest BCUT2D eigenvalue weighted by Crippen LogP contribution is 2.26. The van der Waals surface area contributed by atoms with E-state index in [1.807, 2.05) is 12.1 Å². The Labute approximate surface area is 127 Å². The first-order chi connectivity index (χ1) is 10.6. The number of carbonyl (C=O) groups excluding carboxylic acids is 1. The Bertz CT molecular complexity index is 914. The third kappa shape index (κ3) is 2.22. The van der Waals surface area contributed by atoms with Gasteiger partial charge in [-0.2, -0.15) is 0 Å². The Kier molecular flexibility index (Phi) is 3.39. The minimum Gasteiger partial charge on any atom is -0.506 e. The van der Waals surface area contributed by atoms with Crippen molar-refractivity contribution < 1.29 is 9.90 Å². The van der Waals surface area contributed by atoms with Gasteiger partial charge in [-0.15, -0.1) is 0 Å². The maximum atomic E-state index is 12.4. The van der Waals surface area contributed by atoms with E-state index in [2.05, 4.69) is 5.32 Å². The van der Waals surface area contributed by atoms with Gasteiger partial charge in [0.2, 0.25) is 0 Å². The number of rotatable bonds is 2. The fraction of sp³-hybridized carbons (Fsp3) is 0.0588. The number of fused-ring (bicyclic) bond motifs is 1. The van der Waals surface area contributed by atoms with Crippen LogP contribution < -0.4 is 10.8 Å². The van der Waals surface area contributed by atoms with E-state index >= 15 is 0 Å². The Morgan fingerprint density at radius 3 is 2.45 bits per heavy atom. The lowest BCUT2D eigenvalue weighted by Gasteiger charge is -2.13. The quantitative estimate of drug-likeness (QED) is 0.679. The van der Waals surface area contributed by atoms with Gasteiger partial charge >= 0.3 is 0 Å². The standard InChI is InChI=1S/C17H15N3O2/c1-20-13-10-6-5-9-12(13)15(21)14(16(20)18)17(22)19-11-7-3-2-4-8-11/h2-10,18,21H,1H3,(H,19,22). The molecule has 5 heteroatoms. The molecule has 3 N–H and O–H groups in total. The molecule has 0 bridgehead atoms. The molecule has 0 fully saturated rings. The van der Waals surface area contributed by atoms with Crippen molar-refractivity contribution in [2.75, 3.05) is 5.32 Å². The van der Waals surface area contributed by atoms with Crippen LogP contribution in [0.4, 0.5) is 5.69 Å². The molecule has 5 nitrogen and oxygen atoms in total. The van der Waals surface area contributed by atoms with Gasteiger partial charge in [0.1, 0.15) is 16.8 Å². The van der Waals surface area contributed by atoms with Crippen LogP contribution in [-0.2, 0) is 7.05 Å². The summed E-state index contributed by atoms with van der Waals surface area (Å²) in [6.07, 6.45) is 0. The van der Waals surface area contributed by atoms with Crippen molar-refractivity contribution >= 4 is 22.5 Å². The molecular formula is C17H15N3O2. The fourth-order valence-corrected chi connectivity index (χ4v) is 2.43. The summed E-state index contributed by atoms with van der Waals surface area (Å²) in [7, 11) is 1.70. The van der Waals surface area contributed by atoms with E-state index in [0.29, 0.717) is 16.6 Å². The van der Waals surface area contributed by atoms with Gasteiger partial charge in [0.15, 0.2) is 0 Å². The first kappa shape index (κ1) is 13.9. The van der Waals surface area contributed by atoms with Crippen molar-refractivity contribution in [1.82, 2.24) is 4.57 Å². The van der Waals surface area contributed by atoms with Crippen molar-refractivity contribution in [3.8, 4) is 5.75 Å². The van der Waals surface area contributed by atoms with Crippen molar-refractivity contribution in [3.63, 3.8) is 0 Å². The number of para-hydroxylation sites is 2. The lowest BCUT2D eigenvalue weighted by molar-refractivity contribution is 0.102. The molecule has 110 valence electrons. The van der Waals surface area contributed by atoms with Crippen molar-refractivity contribution in [2.24, 2.45) is 7.05 Å². The van der Waals surface area contributed by atoms with Crippen LogP contribution >= 0.6 is 0 Å². The molecule has 0 spiro atoms. The van der Waals surface area contributed by atoms with E-state index in [9.17, 15) is 9.90 Å². The number of benzene rings is 2. The number of amides is 1. The van der Waals surface area contributed by atoms with Gasteiger partial charge in [0.05, 0.1) is 5.52 Å². The summed E-state index contributed by atoms with van der Waals surface area (Å²) < 4.78 is 1.58. The summed E-state index contributed by atoms with van der Waals surface area (Å²) in [6, 6.07) is 16.1. The molecule has 22 heavy (non-hydrogen) atoms. The second kappa shape index (κ2) is 5.37. The number of pyridine rings is 1. The molecule has 0 unspecified atom stereocenters. The van der Waals surface area contributed by atoms with Crippen molar-refractivity contribution in [3.05, 3.63) is 65.6 Å². The molecule has 1 amide bonds. The third-order valence-corrected chi connectivity index (χ3v) is 3.59. The second-order valence-electron chi connectivity index (χ2n) is 4.97. The van der Waals surface area contributed by atoms with Crippen LogP contribution in [0.1, 0.15) is 10.4 Å². The van der Waals surface area contributed by atoms with Gasteiger partial charge < -0.3 is 15.0 Å². The highest BCUT2D eigenvalue weighted by molar-refractivity contribution is 6.08. The highest BCUT2D eigenvalue weighted by Gasteiger charge is 2.18. The average molecular weight is 293 g/mol. The van der Waals surface area contributed by atoms with E-state index in [1.165, 1.54) is 0 Å². The molecule has 0 atom stereocenters. The van der Waals surface area contributed by atoms with E-state index in [-0.39, 0.29) is 16.8 Å². The number of anilines is 1. The number of aromatic hydroxyl groups is 1. The number of hydrogen-bond donors (Lipinski definition) is 3. The van der Waals surface area contributed by atoms with Gasteiger partial charge in [0, 0.05) is 18.1 Å². The topological polar surface area (TPSA) is 78.1 Å².